The summed E-state index contributed by atoms with van der Waals surface area (Å²) in [6.07, 6.45) is 2.41. The Bertz CT molecular complexity index is 1040. The van der Waals surface area contributed by atoms with Gasteiger partial charge in [-0.15, -0.1) is 10.2 Å². The summed E-state index contributed by atoms with van der Waals surface area (Å²) in [5.41, 5.74) is 8.04. The first-order valence-corrected chi connectivity index (χ1v) is 11.4. The minimum absolute atomic E-state index is 0.445. The summed E-state index contributed by atoms with van der Waals surface area (Å²) in [6, 6.07) is 17.1. The molecular formula is C24H32N8O2. The van der Waals surface area contributed by atoms with Crippen LogP contribution in [-0.2, 0) is 22.6 Å². The molecule has 0 aliphatic rings. The Labute approximate surface area is 199 Å². The van der Waals surface area contributed by atoms with E-state index < -0.39 is 11.8 Å². The molecule has 0 bridgehead atoms. The van der Waals surface area contributed by atoms with Crippen molar-refractivity contribution in [2.45, 2.75) is 25.8 Å². The predicted octanol–water partition coefficient (Wildman–Crippen LogP) is 1.31. The molecule has 0 aliphatic carbocycles. The molecule has 4 N–H and O–H groups in total. The highest BCUT2D eigenvalue weighted by molar-refractivity contribution is 6.39. The maximum atomic E-state index is 12.1. The molecule has 0 atom stereocenters. The molecule has 10 nitrogen and oxygen atoms in total. The van der Waals surface area contributed by atoms with Crippen molar-refractivity contribution in [3.05, 3.63) is 60.2 Å². The largest absolute Gasteiger partial charge is 0.348 e. The number of carbonyl (C=O) groups is 2. The lowest BCUT2D eigenvalue weighted by Gasteiger charge is -2.15. The molecule has 1 aromatic heterocycles. The second-order valence-electron chi connectivity index (χ2n) is 8.03. The Balaban J connectivity index is 1.38. The van der Waals surface area contributed by atoms with Crippen molar-refractivity contribution in [2.75, 3.05) is 38.5 Å². The first kappa shape index (κ1) is 25.0. The highest BCUT2D eigenvalue weighted by atomic mass is 16.2. The quantitative estimate of drug-likeness (QED) is 0.272. The van der Waals surface area contributed by atoms with E-state index in [9.17, 15) is 9.59 Å². The number of aryl methyl sites for hydroxylation is 2. The van der Waals surface area contributed by atoms with Crippen LogP contribution in [0.25, 0.3) is 11.4 Å². The summed E-state index contributed by atoms with van der Waals surface area (Å²) in [7, 11) is 2.01. The third kappa shape index (κ3) is 8.05. The lowest BCUT2D eigenvalue weighted by molar-refractivity contribution is -0.136. The maximum Gasteiger partial charge on any atom is 0.313 e. The molecule has 3 aromatic rings. The molecule has 0 saturated carbocycles. The molecule has 0 saturated heterocycles. The molecule has 1 heterocycles. The Morgan fingerprint density at radius 2 is 1.74 bits per heavy atom. The normalized spacial score (nSPS) is 10.9. The first-order chi connectivity index (χ1) is 16.5. The fraction of sp³-hybridized carbons (Fsp3) is 0.375. The van der Waals surface area contributed by atoms with Crippen LogP contribution in [0, 0.1) is 0 Å². The molecule has 0 aliphatic heterocycles. The number of tetrazole rings is 1. The van der Waals surface area contributed by atoms with Gasteiger partial charge in [0.1, 0.15) is 0 Å². The number of benzene rings is 2. The minimum atomic E-state index is -0.676. The minimum Gasteiger partial charge on any atom is -0.348 e. The van der Waals surface area contributed by atoms with Crippen molar-refractivity contribution in [3.63, 3.8) is 0 Å². The van der Waals surface area contributed by atoms with Crippen LogP contribution < -0.4 is 16.4 Å². The smallest absolute Gasteiger partial charge is 0.313 e. The molecule has 10 heteroatoms. The highest BCUT2D eigenvalue weighted by Crippen LogP contribution is 2.13. The van der Waals surface area contributed by atoms with Gasteiger partial charge in [0.15, 0.2) is 0 Å². The van der Waals surface area contributed by atoms with Gasteiger partial charge in [0, 0.05) is 17.8 Å². The molecule has 180 valence electrons. The van der Waals surface area contributed by atoms with E-state index in [4.69, 9.17) is 5.73 Å². The van der Waals surface area contributed by atoms with E-state index in [0.717, 1.165) is 37.1 Å². The number of hydrogen-bond acceptors (Lipinski definition) is 7. The van der Waals surface area contributed by atoms with Gasteiger partial charge in [-0.25, -0.2) is 0 Å². The number of carbonyl (C=O) groups excluding carboxylic acids is 2. The van der Waals surface area contributed by atoms with Crippen molar-refractivity contribution < 1.29 is 9.59 Å². The molecule has 34 heavy (non-hydrogen) atoms. The standard InChI is InChI=1S/C24H32N8O2/c1-31(16-5-14-25)17-6-15-26-23(33)24(34)27-21-11-9-19(10-12-21)13-18-32-29-22(28-30-32)20-7-3-2-4-8-20/h2-4,7-12H,5-6,13-18,25H2,1H3,(H,26,33)(H,27,34). The van der Waals surface area contributed by atoms with Crippen molar-refractivity contribution >= 4 is 17.5 Å². The summed E-state index contributed by atoms with van der Waals surface area (Å²) in [5.74, 6) is -0.722. The zero-order valence-corrected chi connectivity index (χ0v) is 19.5. The van der Waals surface area contributed by atoms with E-state index in [1.165, 1.54) is 0 Å². The van der Waals surface area contributed by atoms with Gasteiger partial charge >= 0.3 is 11.8 Å². The average molecular weight is 465 g/mol. The van der Waals surface area contributed by atoms with Gasteiger partial charge in [0.05, 0.1) is 6.54 Å². The van der Waals surface area contributed by atoms with Crippen LogP contribution in [0.1, 0.15) is 18.4 Å². The summed E-state index contributed by atoms with van der Waals surface area (Å²) in [4.78, 5) is 27.9. The number of aromatic nitrogens is 4. The highest BCUT2D eigenvalue weighted by Gasteiger charge is 2.13. The Kier molecular flexibility index (Phi) is 9.68. The van der Waals surface area contributed by atoms with Gasteiger partial charge < -0.3 is 21.3 Å². The predicted molar refractivity (Wildman–Crippen MR) is 131 cm³/mol. The Hall–Kier alpha value is -3.63. The van der Waals surface area contributed by atoms with Crippen molar-refractivity contribution in [2.24, 2.45) is 5.73 Å². The van der Waals surface area contributed by atoms with Crippen LogP contribution in [0.2, 0.25) is 0 Å². The molecule has 0 spiro atoms. The number of amides is 2. The van der Waals surface area contributed by atoms with Crippen LogP contribution in [0.5, 0.6) is 0 Å². The van der Waals surface area contributed by atoms with Crippen molar-refractivity contribution in [1.82, 2.24) is 30.4 Å². The van der Waals surface area contributed by atoms with Crippen LogP contribution in [0.15, 0.2) is 54.6 Å². The molecule has 0 unspecified atom stereocenters. The first-order valence-electron chi connectivity index (χ1n) is 11.4. The van der Waals surface area contributed by atoms with Crippen LogP contribution in [0.4, 0.5) is 5.69 Å². The lowest BCUT2D eigenvalue weighted by atomic mass is 10.1. The van der Waals surface area contributed by atoms with Gasteiger partial charge in [-0.1, -0.05) is 42.5 Å². The third-order valence-electron chi connectivity index (χ3n) is 5.25. The number of anilines is 1. The summed E-state index contributed by atoms with van der Waals surface area (Å²) >= 11 is 0. The number of nitrogens with one attached hydrogen (secondary N) is 2. The monoisotopic (exact) mass is 464 g/mol. The summed E-state index contributed by atoms with van der Waals surface area (Å²) in [6.45, 7) is 3.44. The Morgan fingerprint density at radius 3 is 2.47 bits per heavy atom. The fourth-order valence-corrected chi connectivity index (χ4v) is 3.32. The average Bonchev–Trinajstić information content (AvgIpc) is 3.34. The second-order valence-corrected chi connectivity index (χ2v) is 8.03. The van der Waals surface area contributed by atoms with Crippen LogP contribution in [0.3, 0.4) is 0 Å². The zero-order valence-electron chi connectivity index (χ0n) is 19.5. The van der Waals surface area contributed by atoms with Crippen LogP contribution in [-0.4, -0.2) is 70.1 Å². The van der Waals surface area contributed by atoms with E-state index in [2.05, 4.69) is 30.9 Å². The SMILES string of the molecule is CN(CCCN)CCCNC(=O)C(=O)Nc1ccc(CCn2nnc(-c3ccccc3)n2)cc1. The zero-order chi connectivity index (χ0) is 24.2. The van der Waals surface area contributed by atoms with Crippen molar-refractivity contribution in [3.8, 4) is 11.4 Å². The van der Waals surface area contributed by atoms with Gasteiger partial charge in [-0.2, -0.15) is 4.80 Å². The number of hydrogen-bond donors (Lipinski definition) is 3. The van der Waals surface area contributed by atoms with E-state index in [1.807, 2.05) is 49.5 Å². The van der Waals surface area contributed by atoms with E-state index in [0.29, 0.717) is 37.6 Å². The van der Waals surface area contributed by atoms with Gasteiger partial charge in [0.2, 0.25) is 5.82 Å². The van der Waals surface area contributed by atoms with E-state index in [1.54, 1.807) is 16.9 Å². The van der Waals surface area contributed by atoms with Gasteiger partial charge in [-0.3, -0.25) is 9.59 Å². The number of nitrogens with two attached hydrogens (primary N) is 1. The molecule has 2 aromatic carbocycles. The summed E-state index contributed by atoms with van der Waals surface area (Å²) < 4.78 is 0. The molecule has 3 rings (SSSR count). The van der Waals surface area contributed by atoms with E-state index in [-0.39, 0.29) is 0 Å². The Morgan fingerprint density at radius 1 is 1.00 bits per heavy atom. The molecule has 2 amide bonds. The maximum absolute atomic E-state index is 12.1. The van der Waals surface area contributed by atoms with Crippen LogP contribution >= 0.6 is 0 Å². The molecule has 0 fully saturated rings. The van der Waals surface area contributed by atoms with Gasteiger partial charge in [-0.05, 0) is 68.9 Å². The summed E-state index contributed by atoms with van der Waals surface area (Å²) in [5, 5.41) is 17.9. The topological polar surface area (TPSA) is 131 Å². The van der Waals surface area contributed by atoms with Crippen molar-refractivity contribution in [1.29, 1.82) is 0 Å². The third-order valence-corrected chi connectivity index (χ3v) is 5.25. The fourth-order valence-electron chi connectivity index (χ4n) is 3.32. The second kappa shape index (κ2) is 13.2. The lowest BCUT2D eigenvalue weighted by Crippen LogP contribution is -2.37. The number of nitrogens with zero attached hydrogens (tertiary/aromatic N) is 5. The van der Waals surface area contributed by atoms with E-state index >= 15 is 0 Å². The van der Waals surface area contributed by atoms with Gasteiger partial charge in [0.25, 0.3) is 0 Å². The molecule has 0 radical (unpaired) electrons. The number of rotatable bonds is 12. The molecular weight excluding hydrogens is 432 g/mol.